The van der Waals surface area contributed by atoms with E-state index in [1.165, 1.54) is 5.56 Å². The van der Waals surface area contributed by atoms with Gasteiger partial charge in [-0.1, -0.05) is 26.1 Å². The van der Waals surface area contributed by atoms with Gasteiger partial charge in [0.2, 0.25) is 0 Å². The second-order valence-corrected chi connectivity index (χ2v) is 5.53. The van der Waals surface area contributed by atoms with Gasteiger partial charge in [-0.25, -0.2) is 0 Å². The Morgan fingerprint density at radius 2 is 2.29 bits per heavy atom. The van der Waals surface area contributed by atoms with Crippen LogP contribution in [0, 0.1) is 5.92 Å². The van der Waals surface area contributed by atoms with Gasteiger partial charge in [-0.3, -0.25) is 9.88 Å². The van der Waals surface area contributed by atoms with Crippen LogP contribution in [0.5, 0.6) is 0 Å². The molecule has 5 heteroatoms. The average Bonchev–Trinajstić information content (AvgIpc) is 2.27. The summed E-state index contributed by atoms with van der Waals surface area (Å²) in [5.74, 6) is 0.241. The molecule has 0 saturated heterocycles. The summed E-state index contributed by atoms with van der Waals surface area (Å²) in [6.45, 7) is 6.93. The third-order valence-electron chi connectivity index (χ3n) is 2.63. The Labute approximate surface area is 117 Å². The quantitative estimate of drug-likeness (QED) is 0.819. The van der Waals surface area contributed by atoms with Crippen LogP contribution in [-0.2, 0) is 6.54 Å². The lowest BCUT2D eigenvalue weighted by molar-refractivity contribution is 0.264. The molecule has 0 radical (unpaired) electrons. The summed E-state index contributed by atoms with van der Waals surface area (Å²) in [6.07, 6.45) is 3.68. The highest BCUT2D eigenvalue weighted by atomic mass is 79.9. The van der Waals surface area contributed by atoms with Crippen molar-refractivity contribution in [1.29, 1.82) is 0 Å². The Balaban J connectivity index is 2.61. The summed E-state index contributed by atoms with van der Waals surface area (Å²) in [7, 11) is 0. The summed E-state index contributed by atoms with van der Waals surface area (Å²) in [4.78, 5) is 7.05. The van der Waals surface area contributed by atoms with E-state index >= 15 is 0 Å². The second kappa shape index (κ2) is 7.03. The zero-order chi connectivity index (χ0) is 12.8. The number of pyridine rings is 1. The van der Waals surface area contributed by atoms with E-state index in [4.69, 9.17) is 18.0 Å². The highest BCUT2D eigenvalue weighted by molar-refractivity contribution is 9.10. The fourth-order valence-corrected chi connectivity index (χ4v) is 2.07. The average molecular weight is 316 g/mol. The first-order valence-electron chi connectivity index (χ1n) is 5.64. The number of nitrogens with zero attached hydrogens (tertiary/aromatic N) is 2. The van der Waals surface area contributed by atoms with Gasteiger partial charge in [-0.05, 0) is 34.1 Å². The third-order valence-corrected chi connectivity index (χ3v) is 3.47. The largest absolute Gasteiger partial charge is 0.393 e. The first-order valence-corrected chi connectivity index (χ1v) is 6.84. The molecule has 1 rings (SSSR count). The van der Waals surface area contributed by atoms with Gasteiger partial charge in [0, 0.05) is 35.9 Å². The minimum Gasteiger partial charge on any atom is -0.393 e. The minimum atomic E-state index is 0.241. The maximum Gasteiger partial charge on any atom is 0.0768 e. The van der Waals surface area contributed by atoms with E-state index in [2.05, 4.69) is 45.7 Å². The molecule has 1 atom stereocenters. The molecule has 0 amide bonds. The molecule has 1 unspecified atom stereocenters. The molecule has 17 heavy (non-hydrogen) atoms. The van der Waals surface area contributed by atoms with Crippen molar-refractivity contribution in [3.8, 4) is 0 Å². The van der Waals surface area contributed by atoms with E-state index in [1.807, 2.05) is 6.20 Å². The highest BCUT2D eigenvalue weighted by Crippen LogP contribution is 2.12. The topological polar surface area (TPSA) is 42.2 Å². The predicted molar refractivity (Wildman–Crippen MR) is 78.8 cm³/mol. The summed E-state index contributed by atoms with van der Waals surface area (Å²) >= 11 is 8.43. The van der Waals surface area contributed by atoms with Gasteiger partial charge in [0.1, 0.15) is 0 Å². The molecule has 0 saturated carbocycles. The summed E-state index contributed by atoms with van der Waals surface area (Å²) in [6, 6.07) is 2.08. The van der Waals surface area contributed by atoms with Crippen LogP contribution in [-0.4, -0.2) is 28.0 Å². The van der Waals surface area contributed by atoms with Crippen LogP contribution in [0.2, 0.25) is 0 Å². The molecule has 0 bridgehead atoms. The molecule has 94 valence electrons. The highest BCUT2D eigenvalue weighted by Gasteiger charge is 2.11. The van der Waals surface area contributed by atoms with Crippen LogP contribution in [0.3, 0.4) is 0 Å². The van der Waals surface area contributed by atoms with Crippen molar-refractivity contribution in [2.75, 3.05) is 13.1 Å². The van der Waals surface area contributed by atoms with Gasteiger partial charge in [0.15, 0.2) is 0 Å². The lowest BCUT2D eigenvalue weighted by atomic mass is 10.1. The monoisotopic (exact) mass is 315 g/mol. The van der Waals surface area contributed by atoms with E-state index in [9.17, 15) is 0 Å². The van der Waals surface area contributed by atoms with Gasteiger partial charge < -0.3 is 5.73 Å². The lowest BCUT2D eigenvalue weighted by Crippen LogP contribution is -2.33. The number of hydrogen-bond donors (Lipinski definition) is 1. The van der Waals surface area contributed by atoms with E-state index in [-0.39, 0.29) is 5.92 Å². The Morgan fingerprint density at radius 3 is 2.82 bits per heavy atom. The fraction of sp³-hybridized carbons (Fsp3) is 0.500. The van der Waals surface area contributed by atoms with Crippen molar-refractivity contribution in [2.24, 2.45) is 11.7 Å². The molecular weight excluding hydrogens is 298 g/mol. The van der Waals surface area contributed by atoms with E-state index in [0.29, 0.717) is 4.99 Å². The van der Waals surface area contributed by atoms with Crippen molar-refractivity contribution in [3.05, 3.63) is 28.5 Å². The van der Waals surface area contributed by atoms with Crippen molar-refractivity contribution in [2.45, 2.75) is 20.4 Å². The molecule has 0 aliphatic carbocycles. The second-order valence-electron chi connectivity index (χ2n) is 4.14. The number of nitrogens with two attached hydrogens (primary N) is 1. The number of halogens is 1. The van der Waals surface area contributed by atoms with Gasteiger partial charge >= 0.3 is 0 Å². The Hall–Kier alpha value is -0.520. The predicted octanol–water partition coefficient (Wildman–Crippen LogP) is 2.59. The van der Waals surface area contributed by atoms with Crippen molar-refractivity contribution in [3.63, 3.8) is 0 Å². The zero-order valence-electron chi connectivity index (χ0n) is 10.2. The normalized spacial score (nSPS) is 12.7. The van der Waals surface area contributed by atoms with Gasteiger partial charge in [0.25, 0.3) is 0 Å². The maximum absolute atomic E-state index is 5.64. The molecule has 1 aromatic heterocycles. The maximum atomic E-state index is 5.64. The number of hydrogen-bond acceptors (Lipinski definition) is 3. The summed E-state index contributed by atoms with van der Waals surface area (Å²) < 4.78 is 1.01. The number of thiocarbonyl (C=S) groups is 1. The number of rotatable bonds is 6. The van der Waals surface area contributed by atoms with Crippen LogP contribution in [0.1, 0.15) is 19.4 Å². The molecular formula is C12H18BrN3S. The van der Waals surface area contributed by atoms with Gasteiger partial charge in [0.05, 0.1) is 4.99 Å². The standard InChI is InChI=1S/C12H18BrN3S/c1-3-16(7-9(2)12(14)17)8-10-4-11(13)6-15-5-10/h4-6,9H,3,7-8H2,1-2H3,(H2,14,17). The van der Waals surface area contributed by atoms with Gasteiger partial charge in [-0.15, -0.1) is 0 Å². The smallest absolute Gasteiger partial charge is 0.0768 e. The molecule has 3 nitrogen and oxygen atoms in total. The Bertz CT molecular complexity index is 384. The molecule has 0 aromatic carbocycles. The van der Waals surface area contributed by atoms with Crippen LogP contribution in [0.25, 0.3) is 0 Å². The van der Waals surface area contributed by atoms with Crippen LogP contribution < -0.4 is 5.73 Å². The van der Waals surface area contributed by atoms with E-state index in [1.54, 1.807) is 6.20 Å². The van der Waals surface area contributed by atoms with Crippen LogP contribution >= 0.6 is 28.1 Å². The third kappa shape index (κ3) is 5.10. The molecule has 0 aliphatic rings. The first kappa shape index (κ1) is 14.5. The summed E-state index contributed by atoms with van der Waals surface area (Å²) in [5.41, 5.74) is 6.83. The molecule has 0 fully saturated rings. The van der Waals surface area contributed by atoms with Crippen molar-refractivity contribution >= 4 is 33.1 Å². The summed E-state index contributed by atoms with van der Waals surface area (Å²) in [5, 5.41) is 0. The van der Waals surface area contributed by atoms with E-state index < -0.39 is 0 Å². The first-order chi connectivity index (χ1) is 8.02. The van der Waals surface area contributed by atoms with Crippen molar-refractivity contribution < 1.29 is 0 Å². The SMILES string of the molecule is CCN(Cc1cncc(Br)c1)CC(C)C(N)=S. The molecule has 1 heterocycles. The van der Waals surface area contributed by atoms with Crippen LogP contribution in [0.4, 0.5) is 0 Å². The molecule has 2 N–H and O–H groups in total. The molecule has 1 aromatic rings. The molecule has 0 spiro atoms. The zero-order valence-corrected chi connectivity index (χ0v) is 12.6. The van der Waals surface area contributed by atoms with Crippen molar-refractivity contribution in [1.82, 2.24) is 9.88 Å². The Kier molecular flexibility index (Phi) is 6.02. The Morgan fingerprint density at radius 1 is 1.59 bits per heavy atom. The van der Waals surface area contributed by atoms with Crippen LogP contribution in [0.15, 0.2) is 22.9 Å². The molecule has 0 aliphatic heterocycles. The minimum absolute atomic E-state index is 0.241. The number of aromatic nitrogens is 1. The van der Waals surface area contributed by atoms with E-state index in [0.717, 1.165) is 24.1 Å². The lowest BCUT2D eigenvalue weighted by Gasteiger charge is -2.23. The fourth-order valence-electron chi connectivity index (χ4n) is 1.58. The van der Waals surface area contributed by atoms with Gasteiger partial charge in [-0.2, -0.15) is 0 Å².